The number of amides is 1. The lowest BCUT2D eigenvalue weighted by atomic mass is 9.96. The summed E-state index contributed by atoms with van der Waals surface area (Å²) in [6.45, 7) is 6.92. The number of hydroxylamine groups is 2. The number of rotatable bonds is 1. The van der Waals surface area contributed by atoms with E-state index in [2.05, 4.69) is 0 Å². The average molecular weight is 183 g/mol. The van der Waals surface area contributed by atoms with Crippen LogP contribution in [-0.2, 0) is 4.79 Å². The molecule has 1 rings (SSSR count). The highest BCUT2D eigenvalue weighted by Gasteiger charge is 2.41. The molecule has 0 aliphatic carbocycles. The summed E-state index contributed by atoms with van der Waals surface area (Å²) in [6, 6.07) is 0. The van der Waals surface area contributed by atoms with Crippen LogP contribution in [0, 0.1) is 5.21 Å². The van der Waals surface area contributed by atoms with E-state index in [0.29, 0.717) is 5.57 Å². The summed E-state index contributed by atoms with van der Waals surface area (Å²) in [5.74, 6) is -0.517. The smallest absolute Gasteiger partial charge is 0.246 e. The van der Waals surface area contributed by atoms with Crippen molar-refractivity contribution >= 4 is 5.91 Å². The van der Waals surface area contributed by atoms with Crippen LogP contribution < -0.4 is 5.73 Å². The van der Waals surface area contributed by atoms with Crippen molar-refractivity contribution in [2.45, 2.75) is 38.8 Å². The molecule has 0 aromatic carbocycles. The lowest BCUT2D eigenvalue weighted by Gasteiger charge is -2.47. The molecule has 1 aliphatic rings. The zero-order valence-corrected chi connectivity index (χ0v) is 8.42. The van der Waals surface area contributed by atoms with Gasteiger partial charge in [0.25, 0.3) is 0 Å². The van der Waals surface area contributed by atoms with Crippen molar-refractivity contribution in [1.82, 2.24) is 5.06 Å². The van der Waals surface area contributed by atoms with Gasteiger partial charge in [0.2, 0.25) is 5.91 Å². The Labute approximate surface area is 78.0 Å². The number of nitrogens with zero attached hydrogens (tertiary/aromatic N) is 1. The molecule has 0 atom stereocenters. The van der Waals surface area contributed by atoms with Crippen LogP contribution in [-0.4, -0.2) is 22.0 Å². The number of carbonyl (C=O) groups is 1. The van der Waals surface area contributed by atoms with E-state index in [1.807, 2.05) is 0 Å². The minimum Gasteiger partial charge on any atom is -0.784 e. The van der Waals surface area contributed by atoms with Crippen LogP contribution in [0.15, 0.2) is 11.6 Å². The first-order valence-corrected chi connectivity index (χ1v) is 4.20. The van der Waals surface area contributed by atoms with E-state index in [1.165, 1.54) is 0 Å². The van der Waals surface area contributed by atoms with Gasteiger partial charge in [0, 0.05) is 16.7 Å². The van der Waals surface area contributed by atoms with E-state index in [9.17, 15) is 10.0 Å². The summed E-state index contributed by atoms with van der Waals surface area (Å²) < 4.78 is 0. The van der Waals surface area contributed by atoms with Crippen LogP contribution in [0.3, 0.4) is 0 Å². The monoisotopic (exact) mass is 183 g/mol. The molecule has 1 aliphatic heterocycles. The Morgan fingerprint density at radius 3 is 2.08 bits per heavy atom. The standard InChI is InChI=1S/C9H15N2O2/c1-8(2)5-6(7(10)12)9(3,4)11(8)13/h5H,1-4H3,(H2,10,12)/q-1. The lowest BCUT2D eigenvalue weighted by Crippen LogP contribution is -2.47. The summed E-state index contributed by atoms with van der Waals surface area (Å²) in [6.07, 6.45) is 1.64. The Morgan fingerprint density at radius 2 is 1.92 bits per heavy atom. The average Bonchev–Trinajstić information content (AvgIpc) is 2.11. The fraction of sp³-hybridized carbons (Fsp3) is 0.667. The van der Waals surface area contributed by atoms with E-state index in [-0.39, 0.29) is 0 Å². The SMILES string of the molecule is CC1(C)C=C(C(N)=O)C(C)(C)N1[O-]. The summed E-state index contributed by atoms with van der Waals surface area (Å²) >= 11 is 0. The van der Waals surface area contributed by atoms with E-state index in [4.69, 9.17) is 5.73 Å². The third-order valence-electron chi connectivity index (χ3n) is 2.45. The predicted molar refractivity (Wildman–Crippen MR) is 50.6 cm³/mol. The van der Waals surface area contributed by atoms with Gasteiger partial charge >= 0.3 is 0 Å². The van der Waals surface area contributed by atoms with Gasteiger partial charge < -0.3 is 16.0 Å². The van der Waals surface area contributed by atoms with Crippen LogP contribution in [0.4, 0.5) is 0 Å². The van der Waals surface area contributed by atoms with E-state index < -0.39 is 17.0 Å². The van der Waals surface area contributed by atoms with Crippen LogP contribution in [0.2, 0.25) is 0 Å². The summed E-state index contributed by atoms with van der Waals surface area (Å²) in [5.41, 5.74) is 4.12. The molecule has 0 unspecified atom stereocenters. The van der Waals surface area contributed by atoms with Gasteiger partial charge in [-0.15, -0.1) is 0 Å². The molecule has 0 aromatic heterocycles. The molecular formula is C9H15N2O2-. The number of hydrogen-bond acceptors (Lipinski definition) is 3. The maximum atomic E-state index is 11.7. The van der Waals surface area contributed by atoms with Crippen molar-refractivity contribution in [2.75, 3.05) is 0 Å². The van der Waals surface area contributed by atoms with Crippen molar-refractivity contribution in [1.29, 1.82) is 0 Å². The number of primary amides is 1. The molecule has 4 heteroatoms. The number of carbonyl (C=O) groups excluding carboxylic acids is 1. The second-order valence-corrected chi connectivity index (χ2v) is 4.43. The largest absolute Gasteiger partial charge is 0.784 e. The van der Waals surface area contributed by atoms with Gasteiger partial charge in [0.15, 0.2) is 0 Å². The Morgan fingerprint density at radius 1 is 1.46 bits per heavy atom. The molecule has 2 N–H and O–H groups in total. The van der Waals surface area contributed by atoms with Gasteiger partial charge in [0.05, 0.1) is 0 Å². The van der Waals surface area contributed by atoms with Gasteiger partial charge in [-0.3, -0.25) is 4.79 Å². The first kappa shape index (κ1) is 10.2. The van der Waals surface area contributed by atoms with Crippen molar-refractivity contribution in [3.05, 3.63) is 16.9 Å². The maximum absolute atomic E-state index is 11.7. The van der Waals surface area contributed by atoms with Crippen LogP contribution in [0.5, 0.6) is 0 Å². The van der Waals surface area contributed by atoms with Gasteiger partial charge in [-0.1, -0.05) is 6.08 Å². The molecule has 0 bridgehead atoms. The highest BCUT2D eigenvalue weighted by molar-refractivity contribution is 5.95. The zero-order chi connectivity index (χ0) is 10.4. The van der Waals surface area contributed by atoms with E-state index >= 15 is 0 Å². The van der Waals surface area contributed by atoms with E-state index in [0.717, 1.165) is 5.06 Å². The van der Waals surface area contributed by atoms with Gasteiger partial charge in [-0.2, -0.15) is 0 Å². The van der Waals surface area contributed by atoms with Crippen molar-refractivity contribution in [3.63, 3.8) is 0 Å². The molecule has 0 radical (unpaired) electrons. The fourth-order valence-electron chi connectivity index (χ4n) is 1.79. The molecule has 0 saturated carbocycles. The second-order valence-electron chi connectivity index (χ2n) is 4.43. The van der Waals surface area contributed by atoms with Crippen LogP contribution >= 0.6 is 0 Å². The molecule has 1 amide bonds. The summed E-state index contributed by atoms with van der Waals surface area (Å²) in [7, 11) is 0. The first-order valence-electron chi connectivity index (χ1n) is 4.20. The quantitative estimate of drug-likeness (QED) is 0.652. The van der Waals surface area contributed by atoms with Crippen molar-refractivity contribution < 1.29 is 4.79 Å². The minimum absolute atomic E-state index is 0.396. The Bertz CT molecular complexity index is 279. The molecule has 13 heavy (non-hydrogen) atoms. The molecule has 74 valence electrons. The van der Waals surface area contributed by atoms with Crippen LogP contribution in [0.25, 0.3) is 0 Å². The molecule has 1 heterocycles. The fourth-order valence-corrected chi connectivity index (χ4v) is 1.79. The number of nitrogens with two attached hydrogens (primary N) is 1. The summed E-state index contributed by atoms with van der Waals surface area (Å²) in [5, 5.41) is 12.6. The Kier molecular flexibility index (Phi) is 2.01. The second kappa shape index (κ2) is 2.56. The maximum Gasteiger partial charge on any atom is 0.246 e. The normalized spacial score (nSPS) is 25.8. The zero-order valence-electron chi connectivity index (χ0n) is 8.42. The molecule has 4 nitrogen and oxygen atoms in total. The number of hydrogen-bond donors (Lipinski definition) is 1. The van der Waals surface area contributed by atoms with E-state index in [1.54, 1.807) is 33.8 Å². The highest BCUT2D eigenvalue weighted by Crippen LogP contribution is 2.38. The van der Waals surface area contributed by atoms with Gasteiger partial charge in [0.1, 0.15) is 0 Å². The van der Waals surface area contributed by atoms with Crippen molar-refractivity contribution in [2.24, 2.45) is 5.73 Å². The predicted octanol–water partition coefficient (Wildman–Crippen LogP) is 0.769. The summed E-state index contributed by atoms with van der Waals surface area (Å²) in [4.78, 5) is 11.0. The van der Waals surface area contributed by atoms with Crippen LogP contribution in [0.1, 0.15) is 27.7 Å². The van der Waals surface area contributed by atoms with Gasteiger partial charge in [-0.05, 0) is 27.7 Å². The molecular weight excluding hydrogens is 168 g/mol. The van der Waals surface area contributed by atoms with Crippen molar-refractivity contribution in [3.8, 4) is 0 Å². The molecule has 0 aromatic rings. The topological polar surface area (TPSA) is 69.4 Å². The third-order valence-corrected chi connectivity index (χ3v) is 2.45. The molecule has 0 saturated heterocycles. The third kappa shape index (κ3) is 1.36. The Hall–Kier alpha value is -0.870. The molecule has 0 spiro atoms. The van der Waals surface area contributed by atoms with Gasteiger partial charge in [-0.25, -0.2) is 0 Å². The first-order chi connectivity index (χ1) is 5.69. The minimum atomic E-state index is -0.810. The lowest BCUT2D eigenvalue weighted by molar-refractivity contribution is -0.115. The highest BCUT2D eigenvalue weighted by atomic mass is 16.5. The Balaban J connectivity index is 3.17. The molecule has 0 fully saturated rings.